The van der Waals surface area contributed by atoms with Crippen molar-refractivity contribution < 1.29 is 14.1 Å². The van der Waals surface area contributed by atoms with Crippen LogP contribution < -0.4 is 0 Å². The first-order valence-electron chi connectivity index (χ1n) is 8.74. The Kier molecular flexibility index (Phi) is 4.49. The lowest BCUT2D eigenvalue weighted by Crippen LogP contribution is -2.50. The first-order valence-corrected chi connectivity index (χ1v) is 8.74. The summed E-state index contributed by atoms with van der Waals surface area (Å²) < 4.78 is 11.0. The maximum Gasteiger partial charge on any atom is 0.228 e. The third kappa shape index (κ3) is 3.30. The summed E-state index contributed by atoms with van der Waals surface area (Å²) in [4.78, 5) is 16.9. The van der Waals surface area contributed by atoms with Crippen LogP contribution in [0, 0.1) is 0 Å². The molecule has 0 saturated carbocycles. The van der Waals surface area contributed by atoms with E-state index in [0.717, 1.165) is 56.0 Å². The molecule has 2 fully saturated rings. The standard InChI is InChI=1S/C18H23N3O3/c22-18(12-16-15-5-1-2-6-17(15)24-19-16)21-9-7-20(8-10-21)13-14-4-3-11-23-14/h1-2,5-6,14H,3-4,7-13H2. The minimum Gasteiger partial charge on any atom is -0.377 e. The quantitative estimate of drug-likeness (QED) is 0.854. The molecule has 3 heterocycles. The van der Waals surface area contributed by atoms with Crippen LogP contribution in [0.2, 0.25) is 0 Å². The van der Waals surface area contributed by atoms with Crippen molar-refractivity contribution in [3.8, 4) is 0 Å². The Morgan fingerprint density at radius 2 is 2.04 bits per heavy atom. The van der Waals surface area contributed by atoms with E-state index in [2.05, 4.69) is 10.1 Å². The number of rotatable bonds is 4. The fourth-order valence-corrected chi connectivity index (χ4v) is 3.58. The summed E-state index contributed by atoms with van der Waals surface area (Å²) in [5, 5.41) is 5.00. The van der Waals surface area contributed by atoms with Crippen molar-refractivity contribution in [3.63, 3.8) is 0 Å². The van der Waals surface area contributed by atoms with Crippen LogP contribution in [0.4, 0.5) is 0 Å². The highest BCUT2D eigenvalue weighted by Crippen LogP contribution is 2.19. The highest BCUT2D eigenvalue weighted by molar-refractivity contribution is 5.86. The molecular weight excluding hydrogens is 306 g/mol. The van der Waals surface area contributed by atoms with Crippen LogP contribution in [0.3, 0.4) is 0 Å². The van der Waals surface area contributed by atoms with Crippen LogP contribution in [0.15, 0.2) is 28.8 Å². The highest BCUT2D eigenvalue weighted by Gasteiger charge is 2.25. The van der Waals surface area contributed by atoms with Crippen LogP contribution in [0.25, 0.3) is 11.0 Å². The third-order valence-electron chi connectivity index (χ3n) is 4.98. The number of hydrogen-bond acceptors (Lipinski definition) is 5. The summed E-state index contributed by atoms with van der Waals surface area (Å²) >= 11 is 0. The summed E-state index contributed by atoms with van der Waals surface area (Å²) in [7, 11) is 0. The van der Waals surface area contributed by atoms with Gasteiger partial charge in [-0.25, -0.2) is 0 Å². The maximum absolute atomic E-state index is 12.6. The van der Waals surface area contributed by atoms with Gasteiger partial charge in [-0.3, -0.25) is 9.69 Å². The number of benzene rings is 1. The molecular formula is C18H23N3O3. The number of fused-ring (bicyclic) bond motifs is 1. The van der Waals surface area contributed by atoms with Crippen LogP contribution in [-0.4, -0.2) is 66.3 Å². The fraction of sp³-hybridized carbons (Fsp3) is 0.556. The zero-order valence-corrected chi connectivity index (χ0v) is 13.8. The van der Waals surface area contributed by atoms with Gasteiger partial charge in [-0.1, -0.05) is 17.3 Å². The molecule has 24 heavy (non-hydrogen) atoms. The van der Waals surface area contributed by atoms with E-state index >= 15 is 0 Å². The average molecular weight is 329 g/mol. The molecule has 0 N–H and O–H groups in total. The van der Waals surface area contributed by atoms with E-state index in [1.165, 1.54) is 12.8 Å². The highest BCUT2D eigenvalue weighted by atomic mass is 16.5. The van der Waals surface area contributed by atoms with E-state index in [1.807, 2.05) is 29.2 Å². The molecule has 1 aromatic carbocycles. The number of aromatic nitrogens is 1. The van der Waals surface area contributed by atoms with Gasteiger partial charge in [0.25, 0.3) is 0 Å². The maximum atomic E-state index is 12.6. The number of para-hydroxylation sites is 1. The average Bonchev–Trinajstić information content (AvgIpc) is 3.26. The first-order chi connectivity index (χ1) is 11.8. The number of amides is 1. The van der Waals surface area contributed by atoms with Gasteiger partial charge in [-0.15, -0.1) is 0 Å². The van der Waals surface area contributed by atoms with Gasteiger partial charge >= 0.3 is 0 Å². The van der Waals surface area contributed by atoms with Crippen molar-refractivity contribution >= 4 is 16.9 Å². The second-order valence-electron chi connectivity index (χ2n) is 6.62. The number of nitrogens with zero attached hydrogens (tertiary/aromatic N) is 3. The molecule has 0 aliphatic carbocycles. The molecule has 6 nitrogen and oxygen atoms in total. The molecule has 1 aromatic heterocycles. The molecule has 1 unspecified atom stereocenters. The van der Waals surface area contributed by atoms with Crippen molar-refractivity contribution in [1.82, 2.24) is 15.0 Å². The second kappa shape index (κ2) is 6.91. The van der Waals surface area contributed by atoms with Crippen LogP contribution in [0.5, 0.6) is 0 Å². The monoisotopic (exact) mass is 329 g/mol. The smallest absolute Gasteiger partial charge is 0.228 e. The Morgan fingerprint density at radius 1 is 1.21 bits per heavy atom. The molecule has 0 bridgehead atoms. The fourth-order valence-electron chi connectivity index (χ4n) is 3.58. The normalized spacial score (nSPS) is 22.3. The van der Waals surface area contributed by atoms with Crippen molar-refractivity contribution in [2.45, 2.75) is 25.4 Å². The van der Waals surface area contributed by atoms with Crippen molar-refractivity contribution in [2.75, 3.05) is 39.3 Å². The number of carbonyl (C=O) groups excluding carboxylic acids is 1. The van der Waals surface area contributed by atoms with Gasteiger partial charge < -0.3 is 14.2 Å². The van der Waals surface area contributed by atoms with E-state index in [-0.39, 0.29) is 5.91 Å². The molecule has 2 aliphatic heterocycles. The van der Waals surface area contributed by atoms with Gasteiger partial charge in [0.1, 0.15) is 5.69 Å². The molecule has 0 spiro atoms. The van der Waals surface area contributed by atoms with Crippen molar-refractivity contribution in [1.29, 1.82) is 0 Å². The van der Waals surface area contributed by atoms with E-state index < -0.39 is 0 Å². The van der Waals surface area contributed by atoms with Crippen molar-refractivity contribution in [2.24, 2.45) is 0 Å². The van der Waals surface area contributed by atoms with Crippen LogP contribution in [-0.2, 0) is 16.0 Å². The zero-order chi connectivity index (χ0) is 16.4. The molecule has 128 valence electrons. The second-order valence-corrected chi connectivity index (χ2v) is 6.62. The van der Waals surface area contributed by atoms with Crippen molar-refractivity contribution in [3.05, 3.63) is 30.0 Å². The molecule has 1 amide bonds. The van der Waals surface area contributed by atoms with Crippen LogP contribution in [0.1, 0.15) is 18.5 Å². The number of piperazine rings is 1. The summed E-state index contributed by atoms with van der Waals surface area (Å²) in [5.41, 5.74) is 1.47. The summed E-state index contributed by atoms with van der Waals surface area (Å²) in [6, 6.07) is 7.68. The summed E-state index contributed by atoms with van der Waals surface area (Å²) in [6.07, 6.45) is 3.03. The Morgan fingerprint density at radius 3 is 2.83 bits per heavy atom. The Labute approximate surface area is 141 Å². The number of carbonyl (C=O) groups is 1. The van der Waals surface area contributed by atoms with E-state index in [4.69, 9.17) is 9.26 Å². The topological polar surface area (TPSA) is 58.8 Å². The molecule has 0 radical (unpaired) electrons. The van der Waals surface area contributed by atoms with Gasteiger partial charge in [0, 0.05) is 44.7 Å². The van der Waals surface area contributed by atoms with Gasteiger partial charge in [-0.2, -0.15) is 0 Å². The number of ether oxygens (including phenoxy) is 1. The number of hydrogen-bond donors (Lipinski definition) is 0. The Hall–Kier alpha value is -1.92. The van der Waals surface area contributed by atoms with E-state index in [9.17, 15) is 4.79 Å². The first kappa shape index (κ1) is 15.6. The lowest BCUT2D eigenvalue weighted by Gasteiger charge is -2.35. The van der Waals surface area contributed by atoms with Crippen LogP contribution >= 0.6 is 0 Å². The molecule has 1 atom stereocenters. The SMILES string of the molecule is O=C(Cc1noc2ccccc12)N1CCN(CC2CCCO2)CC1. The lowest BCUT2D eigenvalue weighted by molar-refractivity contribution is -0.132. The summed E-state index contributed by atoms with van der Waals surface area (Å²) in [5.74, 6) is 0.130. The predicted octanol–water partition coefficient (Wildman–Crippen LogP) is 1.69. The van der Waals surface area contributed by atoms with Gasteiger partial charge in [0.15, 0.2) is 5.58 Å². The van der Waals surface area contributed by atoms with E-state index in [1.54, 1.807) is 0 Å². The zero-order valence-electron chi connectivity index (χ0n) is 13.8. The van der Waals surface area contributed by atoms with Gasteiger partial charge in [-0.05, 0) is 25.0 Å². The van der Waals surface area contributed by atoms with E-state index in [0.29, 0.717) is 12.5 Å². The largest absolute Gasteiger partial charge is 0.377 e. The Bertz CT molecular complexity index is 700. The minimum absolute atomic E-state index is 0.130. The predicted molar refractivity (Wildman–Crippen MR) is 89.7 cm³/mol. The van der Waals surface area contributed by atoms with Gasteiger partial charge in [0.2, 0.25) is 5.91 Å². The molecule has 2 aromatic rings. The Balaban J connectivity index is 1.31. The third-order valence-corrected chi connectivity index (χ3v) is 4.98. The minimum atomic E-state index is 0.130. The molecule has 4 rings (SSSR count). The molecule has 6 heteroatoms. The summed E-state index contributed by atoms with van der Waals surface area (Å²) in [6.45, 7) is 5.30. The molecule has 2 saturated heterocycles. The molecule has 2 aliphatic rings. The van der Waals surface area contributed by atoms with Gasteiger partial charge in [0.05, 0.1) is 12.5 Å². The lowest BCUT2D eigenvalue weighted by atomic mass is 10.1.